The number of aryl methyl sites for hydroxylation is 1. The topological polar surface area (TPSA) is 70.3 Å². The first kappa shape index (κ1) is 12.2. The average molecular weight is 245 g/mol. The Morgan fingerprint density at radius 2 is 1.83 bits per heavy atom. The summed E-state index contributed by atoms with van der Waals surface area (Å²) in [5, 5.41) is 0. The van der Waals surface area contributed by atoms with Crippen molar-refractivity contribution in [3.05, 3.63) is 35.4 Å². The van der Waals surface area contributed by atoms with Crippen LogP contribution in [0.25, 0.3) is 0 Å². The Morgan fingerprint density at radius 1 is 1.11 bits per heavy atom. The third-order valence-corrected chi connectivity index (χ3v) is 2.68. The number of aromatic nitrogens is 2. The predicted octanol–water partition coefficient (Wildman–Crippen LogP) is 2.48. The van der Waals surface area contributed by atoms with E-state index in [0.717, 1.165) is 16.9 Å². The highest BCUT2D eigenvalue weighted by atomic mass is 16.5. The van der Waals surface area contributed by atoms with Crippen LogP contribution < -0.4 is 15.2 Å². The number of hydrogen-bond acceptors (Lipinski definition) is 5. The first-order valence-corrected chi connectivity index (χ1v) is 5.53. The van der Waals surface area contributed by atoms with Crippen LogP contribution in [0.3, 0.4) is 0 Å². The lowest BCUT2D eigenvalue weighted by molar-refractivity contribution is 0.389. The van der Waals surface area contributed by atoms with Gasteiger partial charge in [0.2, 0.25) is 17.7 Å². The van der Waals surface area contributed by atoms with Gasteiger partial charge in [-0.2, -0.15) is 9.97 Å². The molecule has 1 aromatic heterocycles. The monoisotopic (exact) mass is 245 g/mol. The maximum Gasteiger partial charge on any atom is 0.227 e. The van der Waals surface area contributed by atoms with Gasteiger partial charge < -0.3 is 15.2 Å². The van der Waals surface area contributed by atoms with E-state index in [1.807, 2.05) is 32.0 Å². The number of benzene rings is 1. The zero-order chi connectivity index (χ0) is 13.1. The Kier molecular flexibility index (Phi) is 3.32. The fourth-order valence-corrected chi connectivity index (χ4v) is 1.53. The minimum atomic E-state index is 0.120. The zero-order valence-corrected chi connectivity index (χ0v) is 10.6. The molecule has 5 heteroatoms. The molecule has 0 aliphatic carbocycles. The van der Waals surface area contributed by atoms with Crippen LogP contribution in [-0.2, 0) is 0 Å². The average Bonchev–Trinajstić information content (AvgIpc) is 2.34. The standard InChI is InChI=1S/C13H15N3O2/c1-8-5-4-6-10(9(8)2)18-12-7-11(17-3)15-13(14)16-12/h4-7H,1-3H3,(H2,14,15,16). The maximum absolute atomic E-state index is 5.70. The third kappa shape index (κ3) is 2.51. The van der Waals surface area contributed by atoms with Crippen LogP contribution >= 0.6 is 0 Å². The smallest absolute Gasteiger partial charge is 0.227 e. The van der Waals surface area contributed by atoms with E-state index < -0.39 is 0 Å². The van der Waals surface area contributed by atoms with Gasteiger partial charge in [0, 0.05) is 0 Å². The van der Waals surface area contributed by atoms with E-state index in [0.29, 0.717) is 11.8 Å². The lowest BCUT2D eigenvalue weighted by atomic mass is 10.1. The Labute approximate surface area is 106 Å². The molecule has 5 nitrogen and oxygen atoms in total. The number of rotatable bonds is 3. The van der Waals surface area contributed by atoms with Gasteiger partial charge in [0.25, 0.3) is 0 Å². The second kappa shape index (κ2) is 4.91. The Bertz CT molecular complexity index is 570. The molecule has 0 saturated carbocycles. The number of anilines is 1. The molecule has 2 rings (SSSR count). The number of ether oxygens (including phenoxy) is 2. The summed E-state index contributed by atoms with van der Waals surface area (Å²) in [5.41, 5.74) is 7.79. The van der Waals surface area contributed by atoms with E-state index in [4.69, 9.17) is 15.2 Å². The van der Waals surface area contributed by atoms with Crippen molar-refractivity contribution in [1.29, 1.82) is 0 Å². The molecular formula is C13H15N3O2. The summed E-state index contributed by atoms with van der Waals surface area (Å²) in [6, 6.07) is 7.43. The van der Waals surface area contributed by atoms with Crippen molar-refractivity contribution in [2.24, 2.45) is 0 Å². The van der Waals surface area contributed by atoms with E-state index >= 15 is 0 Å². The van der Waals surface area contributed by atoms with E-state index in [2.05, 4.69) is 9.97 Å². The van der Waals surface area contributed by atoms with E-state index in [9.17, 15) is 0 Å². The minimum Gasteiger partial charge on any atom is -0.481 e. The van der Waals surface area contributed by atoms with Crippen molar-refractivity contribution in [3.63, 3.8) is 0 Å². The van der Waals surface area contributed by atoms with Crippen molar-refractivity contribution in [2.75, 3.05) is 12.8 Å². The van der Waals surface area contributed by atoms with Crippen molar-refractivity contribution in [3.8, 4) is 17.5 Å². The van der Waals surface area contributed by atoms with Gasteiger partial charge in [-0.1, -0.05) is 12.1 Å². The highest BCUT2D eigenvalue weighted by Gasteiger charge is 2.07. The fraction of sp³-hybridized carbons (Fsp3) is 0.231. The molecule has 0 saturated heterocycles. The molecular weight excluding hydrogens is 230 g/mol. The molecule has 0 aliphatic heterocycles. The molecule has 0 amide bonds. The van der Waals surface area contributed by atoms with Crippen LogP contribution in [0.5, 0.6) is 17.5 Å². The minimum absolute atomic E-state index is 0.120. The summed E-state index contributed by atoms with van der Waals surface area (Å²) in [4.78, 5) is 7.91. The molecule has 1 aromatic carbocycles. The maximum atomic E-state index is 5.70. The molecule has 0 fully saturated rings. The summed E-state index contributed by atoms with van der Waals surface area (Å²) in [6.45, 7) is 4.02. The molecule has 0 aliphatic rings. The summed E-state index contributed by atoms with van der Waals surface area (Å²) in [6.07, 6.45) is 0. The van der Waals surface area contributed by atoms with Crippen LogP contribution in [0, 0.1) is 13.8 Å². The predicted molar refractivity (Wildman–Crippen MR) is 69.0 cm³/mol. The van der Waals surface area contributed by atoms with Crippen molar-refractivity contribution >= 4 is 5.95 Å². The summed E-state index contributed by atoms with van der Waals surface area (Å²) in [7, 11) is 1.52. The van der Waals surface area contributed by atoms with Crippen LogP contribution in [0.15, 0.2) is 24.3 Å². The van der Waals surface area contributed by atoms with Crippen LogP contribution in [-0.4, -0.2) is 17.1 Å². The zero-order valence-electron chi connectivity index (χ0n) is 10.6. The molecule has 2 N–H and O–H groups in total. The van der Waals surface area contributed by atoms with E-state index in [1.165, 1.54) is 7.11 Å². The highest BCUT2D eigenvalue weighted by molar-refractivity contribution is 5.41. The van der Waals surface area contributed by atoms with Gasteiger partial charge in [-0.15, -0.1) is 0 Å². The molecule has 2 aromatic rings. The number of nitrogens with zero attached hydrogens (tertiary/aromatic N) is 2. The number of nitrogen functional groups attached to an aromatic ring is 1. The second-order valence-electron chi connectivity index (χ2n) is 3.91. The molecule has 0 bridgehead atoms. The molecule has 18 heavy (non-hydrogen) atoms. The van der Waals surface area contributed by atoms with Gasteiger partial charge in [-0.05, 0) is 31.0 Å². The lowest BCUT2D eigenvalue weighted by Gasteiger charge is -2.10. The fourth-order valence-electron chi connectivity index (χ4n) is 1.53. The Balaban J connectivity index is 2.34. The quantitative estimate of drug-likeness (QED) is 0.899. The summed E-state index contributed by atoms with van der Waals surface area (Å²) < 4.78 is 10.7. The summed E-state index contributed by atoms with van der Waals surface area (Å²) in [5.74, 6) is 1.61. The summed E-state index contributed by atoms with van der Waals surface area (Å²) >= 11 is 0. The molecule has 0 spiro atoms. The first-order valence-electron chi connectivity index (χ1n) is 5.53. The normalized spacial score (nSPS) is 10.2. The van der Waals surface area contributed by atoms with Gasteiger partial charge in [0.15, 0.2) is 0 Å². The lowest BCUT2D eigenvalue weighted by Crippen LogP contribution is -2.00. The molecule has 0 unspecified atom stereocenters. The van der Waals surface area contributed by atoms with Gasteiger partial charge in [0.1, 0.15) is 5.75 Å². The van der Waals surface area contributed by atoms with E-state index in [-0.39, 0.29) is 5.95 Å². The molecule has 0 radical (unpaired) electrons. The number of methoxy groups -OCH3 is 1. The second-order valence-corrected chi connectivity index (χ2v) is 3.91. The van der Waals surface area contributed by atoms with Crippen molar-refractivity contribution in [2.45, 2.75) is 13.8 Å². The Morgan fingerprint density at radius 3 is 2.56 bits per heavy atom. The molecule has 94 valence electrons. The van der Waals surface area contributed by atoms with Gasteiger partial charge in [0.05, 0.1) is 13.2 Å². The third-order valence-electron chi connectivity index (χ3n) is 2.68. The largest absolute Gasteiger partial charge is 0.481 e. The molecule has 1 heterocycles. The number of nitrogens with two attached hydrogens (primary N) is 1. The van der Waals surface area contributed by atoms with E-state index in [1.54, 1.807) is 6.07 Å². The van der Waals surface area contributed by atoms with Crippen LogP contribution in [0.4, 0.5) is 5.95 Å². The number of hydrogen-bond donors (Lipinski definition) is 1. The van der Waals surface area contributed by atoms with Gasteiger partial charge >= 0.3 is 0 Å². The van der Waals surface area contributed by atoms with Crippen molar-refractivity contribution < 1.29 is 9.47 Å². The first-order chi connectivity index (χ1) is 8.60. The van der Waals surface area contributed by atoms with Crippen molar-refractivity contribution in [1.82, 2.24) is 9.97 Å². The van der Waals surface area contributed by atoms with Crippen LogP contribution in [0.1, 0.15) is 11.1 Å². The van der Waals surface area contributed by atoms with Gasteiger partial charge in [-0.3, -0.25) is 0 Å². The van der Waals surface area contributed by atoms with Gasteiger partial charge in [-0.25, -0.2) is 0 Å². The SMILES string of the molecule is COc1cc(Oc2cccc(C)c2C)nc(N)n1. The van der Waals surface area contributed by atoms with Crippen LogP contribution in [0.2, 0.25) is 0 Å². The highest BCUT2D eigenvalue weighted by Crippen LogP contribution is 2.27. The molecule has 0 atom stereocenters. The Hall–Kier alpha value is -2.30.